The maximum absolute atomic E-state index is 14.8. The largest absolute Gasteiger partial charge is 0.496 e. The van der Waals surface area contributed by atoms with Gasteiger partial charge in [0.25, 0.3) is 0 Å². The second kappa shape index (κ2) is 11.9. The number of methoxy groups -OCH3 is 1. The normalized spacial score (nSPS) is 12.3. The van der Waals surface area contributed by atoms with Crippen LogP contribution in [0.15, 0.2) is 140 Å². The quantitative estimate of drug-likeness (QED) is 0.177. The summed E-state index contributed by atoms with van der Waals surface area (Å²) in [7, 11) is -1.45. The fraction of sp³-hybridized carbons (Fsp3) is 0.0556. The molecular weight excluding hydrogens is 539 g/mol. The Hall–Kier alpha value is -4.99. The minimum Gasteiger partial charge on any atom is -0.496 e. The van der Waals surface area contributed by atoms with Crippen LogP contribution < -0.4 is 25.4 Å². The van der Waals surface area contributed by atoms with Gasteiger partial charge in [0.1, 0.15) is 17.2 Å². The highest BCUT2D eigenvalue weighted by molar-refractivity contribution is 7.85. The topological polar surface area (TPSA) is 61.3 Å². The molecule has 2 heterocycles. The number of ether oxygens (including phenoxy) is 2. The molecule has 2 aromatic heterocycles. The van der Waals surface area contributed by atoms with Crippen LogP contribution in [0, 0.1) is 6.92 Å². The summed E-state index contributed by atoms with van der Waals surface area (Å²) in [5.41, 5.74) is 4.63. The van der Waals surface area contributed by atoms with Crippen molar-refractivity contribution in [3.05, 3.63) is 146 Å². The molecular formula is C36H29N2O3P. The second-order valence-corrected chi connectivity index (χ2v) is 12.7. The van der Waals surface area contributed by atoms with Crippen molar-refractivity contribution >= 4 is 23.1 Å². The number of nitrogens with zero attached hydrogens (tertiary/aromatic N) is 2. The third-order valence-electron chi connectivity index (χ3n) is 7.19. The summed E-state index contributed by atoms with van der Waals surface area (Å²) in [6.45, 7) is 2.03. The number of pyridine rings is 2. The Morgan fingerprint density at radius 1 is 0.595 bits per heavy atom. The standard InChI is InChI=1S/C36H29N2O3P/c1-26-12-16-31(17-13-26)42(39,30-10-4-3-5-11-30)32-18-14-29(15-19-32)41-36-23-33(27-8-6-20-37-24-27)35(40-2)22-34(36)28-9-7-21-38-25-28/h3-25H,1-2H3. The van der Waals surface area contributed by atoms with E-state index in [0.717, 1.165) is 43.7 Å². The molecule has 0 spiro atoms. The first kappa shape index (κ1) is 27.2. The van der Waals surface area contributed by atoms with Crippen LogP contribution in [0.5, 0.6) is 17.2 Å². The van der Waals surface area contributed by atoms with Crippen LogP contribution in [-0.2, 0) is 4.57 Å². The first-order chi connectivity index (χ1) is 20.6. The van der Waals surface area contributed by atoms with Gasteiger partial charge in [-0.25, -0.2) is 0 Å². The first-order valence-electron chi connectivity index (χ1n) is 13.6. The average Bonchev–Trinajstić information content (AvgIpc) is 3.06. The highest BCUT2D eigenvalue weighted by Gasteiger charge is 2.29. The van der Waals surface area contributed by atoms with E-state index >= 15 is 0 Å². The lowest BCUT2D eigenvalue weighted by atomic mass is 9.99. The van der Waals surface area contributed by atoms with Gasteiger partial charge < -0.3 is 14.0 Å². The van der Waals surface area contributed by atoms with Gasteiger partial charge in [0, 0.05) is 63.0 Å². The Labute approximate surface area is 245 Å². The second-order valence-electron chi connectivity index (χ2n) is 9.91. The summed E-state index contributed by atoms with van der Waals surface area (Å²) in [6.07, 6.45) is 7.07. The zero-order valence-corrected chi connectivity index (χ0v) is 24.2. The molecule has 42 heavy (non-hydrogen) atoms. The molecule has 0 radical (unpaired) electrons. The van der Waals surface area contributed by atoms with Gasteiger partial charge in [-0.2, -0.15) is 0 Å². The average molecular weight is 569 g/mol. The van der Waals surface area contributed by atoms with Crippen LogP contribution in [-0.4, -0.2) is 17.1 Å². The summed E-state index contributed by atoms with van der Waals surface area (Å²) in [6, 6.07) is 36.8. The van der Waals surface area contributed by atoms with E-state index in [1.54, 1.807) is 31.9 Å². The SMILES string of the molecule is COc1cc(-c2cccnc2)c(Oc2ccc(P(=O)(c3ccccc3)c3ccc(C)cc3)cc2)cc1-c1cccnc1. The molecule has 1 atom stereocenters. The molecule has 0 aliphatic rings. The summed E-state index contributed by atoms with van der Waals surface area (Å²) in [5, 5.41) is 2.32. The van der Waals surface area contributed by atoms with Crippen LogP contribution in [0.1, 0.15) is 5.56 Å². The van der Waals surface area contributed by atoms with E-state index in [2.05, 4.69) is 9.97 Å². The molecule has 206 valence electrons. The monoisotopic (exact) mass is 568 g/mol. The molecule has 0 aliphatic carbocycles. The molecule has 0 fully saturated rings. The van der Waals surface area contributed by atoms with Crippen LogP contribution >= 0.6 is 7.14 Å². The number of rotatable bonds is 8. The lowest BCUT2D eigenvalue weighted by molar-refractivity contribution is 0.415. The Balaban J connectivity index is 1.42. The molecule has 6 heteroatoms. The molecule has 4 aromatic carbocycles. The zero-order valence-electron chi connectivity index (χ0n) is 23.3. The van der Waals surface area contributed by atoms with E-state index in [-0.39, 0.29) is 0 Å². The van der Waals surface area contributed by atoms with Gasteiger partial charge in [-0.1, -0.05) is 72.3 Å². The predicted molar refractivity (Wildman–Crippen MR) is 170 cm³/mol. The van der Waals surface area contributed by atoms with Crippen molar-refractivity contribution in [2.45, 2.75) is 6.92 Å². The third-order valence-corrected chi connectivity index (χ3v) is 10.3. The Morgan fingerprint density at radius 3 is 1.67 bits per heavy atom. The number of benzene rings is 4. The van der Waals surface area contributed by atoms with E-state index in [9.17, 15) is 4.57 Å². The van der Waals surface area contributed by atoms with Crippen molar-refractivity contribution in [1.82, 2.24) is 9.97 Å². The Bertz CT molecular complexity index is 1840. The van der Waals surface area contributed by atoms with Crippen LogP contribution in [0.4, 0.5) is 0 Å². The first-order valence-corrected chi connectivity index (χ1v) is 15.3. The van der Waals surface area contributed by atoms with Gasteiger partial charge in [-0.05, 0) is 55.5 Å². The molecule has 0 saturated carbocycles. The van der Waals surface area contributed by atoms with Gasteiger partial charge in [0.2, 0.25) is 0 Å². The summed E-state index contributed by atoms with van der Waals surface area (Å²) in [5.74, 6) is 1.96. The van der Waals surface area contributed by atoms with Crippen molar-refractivity contribution in [3.63, 3.8) is 0 Å². The fourth-order valence-electron chi connectivity index (χ4n) is 5.00. The lowest BCUT2D eigenvalue weighted by Crippen LogP contribution is -2.24. The molecule has 6 aromatic rings. The van der Waals surface area contributed by atoms with E-state index in [0.29, 0.717) is 17.2 Å². The molecule has 0 saturated heterocycles. The van der Waals surface area contributed by atoms with Crippen molar-refractivity contribution < 1.29 is 14.0 Å². The number of aromatic nitrogens is 2. The minimum absolute atomic E-state index is 0.620. The maximum atomic E-state index is 14.8. The summed E-state index contributed by atoms with van der Waals surface area (Å²) in [4.78, 5) is 8.59. The summed E-state index contributed by atoms with van der Waals surface area (Å²) >= 11 is 0. The Morgan fingerprint density at radius 2 is 1.12 bits per heavy atom. The third kappa shape index (κ3) is 5.35. The van der Waals surface area contributed by atoms with Crippen molar-refractivity contribution in [3.8, 4) is 39.5 Å². The molecule has 0 N–H and O–H groups in total. The van der Waals surface area contributed by atoms with Gasteiger partial charge >= 0.3 is 0 Å². The number of hydrogen-bond acceptors (Lipinski definition) is 5. The van der Waals surface area contributed by atoms with E-state index in [1.807, 2.05) is 122 Å². The summed E-state index contributed by atoms with van der Waals surface area (Å²) < 4.78 is 27.1. The number of aryl methyl sites for hydroxylation is 1. The van der Waals surface area contributed by atoms with Crippen molar-refractivity contribution in [2.75, 3.05) is 7.11 Å². The van der Waals surface area contributed by atoms with E-state index in [4.69, 9.17) is 9.47 Å². The molecule has 0 aliphatic heterocycles. The number of hydrogen-bond donors (Lipinski definition) is 0. The maximum Gasteiger partial charge on any atom is 0.171 e. The van der Waals surface area contributed by atoms with Crippen LogP contribution in [0.25, 0.3) is 22.3 Å². The Kier molecular flexibility index (Phi) is 7.68. The van der Waals surface area contributed by atoms with Crippen LogP contribution in [0.3, 0.4) is 0 Å². The molecule has 5 nitrogen and oxygen atoms in total. The minimum atomic E-state index is -3.10. The molecule has 1 unspecified atom stereocenters. The molecule has 0 amide bonds. The highest BCUT2D eigenvalue weighted by atomic mass is 31.2. The predicted octanol–water partition coefficient (Wildman–Crippen LogP) is 7.56. The van der Waals surface area contributed by atoms with E-state index in [1.165, 1.54) is 0 Å². The molecule has 6 rings (SSSR count). The fourth-order valence-corrected chi connectivity index (χ4v) is 7.62. The van der Waals surface area contributed by atoms with Gasteiger partial charge in [0.05, 0.1) is 7.11 Å². The van der Waals surface area contributed by atoms with Gasteiger partial charge in [0.15, 0.2) is 7.14 Å². The van der Waals surface area contributed by atoms with Crippen molar-refractivity contribution in [2.24, 2.45) is 0 Å². The highest BCUT2D eigenvalue weighted by Crippen LogP contribution is 2.44. The smallest absolute Gasteiger partial charge is 0.171 e. The van der Waals surface area contributed by atoms with Crippen LogP contribution in [0.2, 0.25) is 0 Å². The van der Waals surface area contributed by atoms with Gasteiger partial charge in [-0.3, -0.25) is 9.97 Å². The van der Waals surface area contributed by atoms with Crippen molar-refractivity contribution in [1.29, 1.82) is 0 Å². The lowest BCUT2D eigenvalue weighted by Gasteiger charge is -2.21. The van der Waals surface area contributed by atoms with E-state index < -0.39 is 7.14 Å². The zero-order chi connectivity index (χ0) is 28.9. The van der Waals surface area contributed by atoms with Gasteiger partial charge in [-0.15, -0.1) is 0 Å². The molecule has 0 bridgehead atoms.